The van der Waals surface area contributed by atoms with Crippen molar-refractivity contribution in [3.05, 3.63) is 64.0 Å². The number of rotatable bonds is 2. The number of aryl methyl sites for hydroxylation is 2. The van der Waals surface area contributed by atoms with Crippen molar-refractivity contribution in [2.75, 3.05) is 0 Å². The molecule has 0 saturated heterocycles. The molecular formula is C18H14F3NO2. The Kier molecular flexibility index (Phi) is 3.99. The van der Waals surface area contributed by atoms with E-state index in [1.54, 1.807) is 6.92 Å². The maximum Gasteiger partial charge on any atom is 0.416 e. The van der Waals surface area contributed by atoms with Gasteiger partial charge in [0.25, 0.3) is 0 Å². The minimum Gasteiger partial charge on any atom is -0.294 e. The maximum atomic E-state index is 12.6. The molecule has 1 aromatic heterocycles. The fourth-order valence-corrected chi connectivity index (χ4v) is 2.83. The molecule has 3 nitrogen and oxygen atoms in total. The summed E-state index contributed by atoms with van der Waals surface area (Å²) in [5, 5.41) is 0. The number of halogens is 3. The molecule has 0 aliphatic heterocycles. The molecule has 3 rings (SSSR count). The van der Waals surface area contributed by atoms with E-state index < -0.39 is 17.5 Å². The second kappa shape index (κ2) is 5.85. The maximum absolute atomic E-state index is 12.6. The molecule has 24 heavy (non-hydrogen) atoms. The average Bonchev–Trinajstić information content (AvgIpc) is 2.53. The number of hydrogen-bond acceptors (Lipinski definition) is 3. The molecule has 0 spiro atoms. The van der Waals surface area contributed by atoms with Crippen molar-refractivity contribution in [3.8, 4) is 0 Å². The van der Waals surface area contributed by atoms with E-state index in [1.807, 2.05) is 0 Å². The van der Waals surface area contributed by atoms with E-state index in [0.29, 0.717) is 29.8 Å². The Morgan fingerprint density at radius 3 is 2.42 bits per heavy atom. The van der Waals surface area contributed by atoms with Crippen LogP contribution in [-0.4, -0.2) is 16.6 Å². The van der Waals surface area contributed by atoms with E-state index in [1.165, 1.54) is 6.07 Å². The Bertz CT molecular complexity index is 823. The van der Waals surface area contributed by atoms with Gasteiger partial charge in [-0.25, -0.2) is 0 Å². The van der Waals surface area contributed by atoms with Gasteiger partial charge in [0, 0.05) is 28.8 Å². The van der Waals surface area contributed by atoms with E-state index in [0.717, 1.165) is 30.7 Å². The zero-order valence-corrected chi connectivity index (χ0v) is 12.9. The van der Waals surface area contributed by atoms with Crippen LogP contribution < -0.4 is 0 Å². The molecule has 0 unspecified atom stereocenters. The molecule has 0 fully saturated rings. The van der Waals surface area contributed by atoms with E-state index in [4.69, 9.17) is 0 Å². The molecule has 0 radical (unpaired) electrons. The van der Waals surface area contributed by atoms with E-state index in [2.05, 4.69) is 4.98 Å². The first kappa shape index (κ1) is 16.4. The Balaban J connectivity index is 1.98. The van der Waals surface area contributed by atoms with Gasteiger partial charge < -0.3 is 0 Å². The predicted octanol–water partition coefficient (Wildman–Crippen LogP) is 4.16. The molecule has 1 aromatic carbocycles. The summed E-state index contributed by atoms with van der Waals surface area (Å²) in [6.45, 7) is 1.66. The number of aromatic nitrogens is 1. The van der Waals surface area contributed by atoms with Gasteiger partial charge in [0.15, 0.2) is 11.6 Å². The number of benzene rings is 1. The molecular weight excluding hydrogens is 319 g/mol. The topological polar surface area (TPSA) is 47.0 Å². The highest BCUT2D eigenvalue weighted by atomic mass is 19.4. The molecule has 0 amide bonds. The van der Waals surface area contributed by atoms with Gasteiger partial charge in [0.05, 0.1) is 11.3 Å². The molecule has 0 atom stereocenters. The number of carbonyl (C=O) groups excluding carboxylic acids is 2. The Morgan fingerprint density at radius 1 is 1.12 bits per heavy atom. The van der Waals surface area contributed by atoms with Crippen LogP contribution in [0.3, 0.4) is 0 Å². The van der Waals surface area contributed by atoms with Gasteiger partial charge in [-0.2, -0.15) is 13.2 Å². The first-order valence-electron chi connectivity index (χ1n) is 7.53. The number of alkyl halides is 3. The Morgan fingerprint density at radius 2 is 1.79 bits per heavy atom. The number of ketones is 2. The molecule has 1 heterocycles. The summed E-state index contributed by atoms with van der Waals surface area (Å²) in [6, 6.07) is 5.57. The molecule has 124 valence electrons. The highest BCUT2D eigenvalue weighted by Crippen LogP contribution is 2.30. The summed E-state index contributed by atoms with van der Waals surface area (Å²) in [5.41, 5.74) is 1.19. The quantitative estimate of drug-likeness (QED) is 0.775. The van der Waals surface area contributed by atoms with Gasteiger partial charge in [0.2, 0.25) is 0 Å². The first-order chi connectivity index (χ1) is 11.3. The summed E-state index contributed by atoms with van der Waals surface area (Å²) >= 11 is 0. The SMILES string of the molecule is Cc1nc2c(cc1C(=O)c1ccc(C(F)(F)F)cc1)C(=O)CCC2. The zero-order valence-electron chi connectivity index (χ0n) is 12.9. The molecule has 2 aromatic rings. The minimum atomic E-state index is -4.45. The van der Waals surface area contributed by atoms with Crippen molar-refractivity contribution >= 4 is 11.6 Å². The third-order valence-electron chi connectivity index (χ3n) is 4.13. The Labute approximate surface area is 136 Å². The molecule has 0 bridgehead atoms. The van der Waals surface area contributed by atoms with Crippen molar-refractivity contribution in [3.63, 3.8) is 0 Å². The van der Waals surface area contributed by atoms with Crippen molar-refractivity contribution in [2.45, 2.75) is 32.4 Å². The van der Waals surface area contributed by atoms with Gasteiger partial charge in [-0.05, 0) is 38.0 Å². The average molecular weight is 333 g/mol. The lowest BCUT2D eigenvalue weighted by Crippen LogP contribution is -2.16. The van der Waals surface area contributed by atoms with Crippen LogP contribution in [0.2, 0.25) is 0 Å². The van der Waals surface area contributed by atoms with Crippen LogP contribution in [0, 0.1) is 6.92 Å². The van der Waals surface area contributed by atoms with Crippen molar-refractivity contribution in [2.24, 2.45) is 0 Å². The van der Waals surface area contributed by atoms with Gasteiger partial charge in [-0.1, -0.05) is 12.1 Å². The van der Waals surface area contributed by atoms with Gasteiger partial charge in [0.1, 0.15) is 0 Å². The number of hydrogen-bond donors (Lipinski definition) is 0. The molecule has 0 saturated carbocycles. The fourth-order valence-electron chi connectivity index (χ4n) is 2.83. The number of fused-ring (bicyclic) bond motifs is 1. The molecule has 1 aliphatic carbocycles. The van der Waals surface area contributed by atoms with E-state index in [-0.39, 0.29) is 16.9 Å². The van der Waals surface area contributed by atoms with Crippen LogP contribution >= 0.6 is 0 Å². The van der Waals surface area contributed by atoms with Crippen LogP contribution in [0.15, 0.2) is 30.3 Å². The second-order valence-corrected chi connectivity index (χ2v) is 5.80. The standard InChI is InChI=1S/C18H14F3NO2/c1-10-13(9-14-15(22-10)3-2-4-16(14)23)17(24)11-5-7-12(8-6-11)18(19,20)21/h5-9H,2-4H2,1H3. The van der Waals surface area contributed by atoms with E-state index >= 15 is 0 Å². The minimum absolute atomic E-state index is 0.0507. The normalized spacial score (nSPS) is 14.4. The number of pyridine rings is 1. The fraction of sp³-hybridized carbons (Fsp3) is 0.278. The number of Topliss-reactive ketones (excluding diaryl/α,β-unsaturated/α-hetero) is 1. The van der Waals surface area contributed by atoms with Crippen molar-refractivity contribution < 1.29 is 22.8 Å². The van der Waals surface area contributed by atoms with Crippen LogP contribution in [0.25, 0.3) is 0 Å². The lowest BCUT2D eigenvalue weighted by Gasteiger charge is -2.16. The highest BCUT2D eigenvalue weighted by molar-refractivity contribution is 6.11. The molecule has 0 N–H and O–H groups in total. The number of nitrogens with zero attached hydrogens (tertiary/aromatic N) is 1. The Hall–Kier alpha value is -2.50. The molecule has 6 heteroatoms. The third kappa shape index (κ3) is 2.96. The third-order valence-corrected chi connectivity index (χ3v) is 4.13. The molecule has 1 aliphatic rings. The van der Waals surface area contributed by atoms with Gasteiger partial charge >= 0.3 is 6.18 Å². The van der Waals surface area contributed by atoms with Crippen molar-refractivity contribution in [1.82, 2.24) is 4.98 Å². The smallest absolute Gasteiger partial charge is 0.294 e. The van der Waals surface area contributed by atoms with Crippen LogP contribution in [0.5, 0.6) is 0 Å². The highest BCUT2D eigenvalue weighted by Gasteiger charge is 2.30. The largest absolute Gasteiger partial charge is 0.416 e. The first-order valence-corrected chi connectivity index (χ1v) is 7.53. The van der Waals surface area contributed by atoms with Crippen LogP contribution in [0.4, 0.5) is 13.2 Å². The summed E-state index contributed by atoms with van der Waals surface area (Å²) in [6.07, 6.45) is -2.59. The summed E-state index contributed by atoms with van der Waals surface area (Å²) in [5.74, 6) is -0.486. The lowest BCUT2D eigenvalue weighted by atomic mass is 9.91. The van der Waals surface area contributed by atoms with Gasteiger partial charge in [-0.3, -0.25) is 14.6 Å². The summed E-state index contributed by atoms with van der Waals surface area (Å²) in [7, 11) is 0. The monoisotopic (exact) mass is 333 g/mol. The van der Waals surface area contributed by atoms with Crippen LogP contribution in [-0.2, 0) is 12.6 Å². The number of carbonyl (C=O) groups is 2. The second-order valence-electron chi connectivity index (χ2n) is 5.80. The van der Waals surface area contributed by atoms with Crippen LogP contribution in [0.1, 0.15) is 56.1 Å². The van der Waals surface area contributed by atoms with E-state index in [9.17, 15) is 22.8 Å². The van der Waals surface area contributed by atoms with Gasteiger partial charge in [-0.15, -0.1) is 0 Å². The lowest BCUT2D eigenvalue weighted by molar-refractivity contribution is -0.137. The van der Waals surface area contributed by atoms with Crippen molar-refractivity contribution in [1.29, 1.82) is 0 Å². The predicted molar refractivity (Wildman–Crippen MR) is 81.1 cm³/mol. The summed E-state index contributed by atoms with van der Waals surface area (Å²) in [4.78, 5) is 28.9. The summed E-state index contributed by atoms with van der Waals surface area (Å²) < 4.78 is 37.8. The zero-order chi connectivity index (χ0) is 17.5.